The molecule has 4 heteroatoms. The van der Waals surface area contributed by atoms with Crippen LogP contribution >= 0.6 is 0 Å². The molecule has 26 heavy (non-hydrogen) atoms. The minimum Gasteiger partial charge on any atom is -0.270 e. The lowest BCUT2D eigenvalue weighted by Gasteiger charge is -2.59. The van der Waals surface area contributed by atoms with Gasteiger partial charge in [0.1, 0.15) is 5.54 Å². The van der Waals surface area contributed by atoms with Crippen molar-refractivity contribution < 1.29 is 9.59 Å². The van der Waals surface area contributed by atoms with Crippen LogP contribution in [-0.2, 0) is 4.79 Å². The van der Waals surface area contributed by atoms with E-state index < -0.39 is 5.54 Å². The molecule has 1 saturated heterocycles. The van der Waals surface area contributed by atoms with Crippen molar-refractivity contribution in [2.45, 2.75) is 64.5 Å². The number of carbonyl (C=O) groups excluding carboxylic acids is 2. The number of nitrogens with zero attached hydrogens (tertiary/aromatic N) is 2. The molecule has 4 fully saturated rings. The van der Waals surface area contributed by atoms with E-state index in [1.54, 1.807) is 5.01 Å². The molecular weight excluding hydrogens is 324 g/mol. The van der Waals surface area contributed by atoms with Crippen LogP contribution in [0.4, 0.5) is 0 Å². The first-order chi connectivity index (χ1) is 12.4. The number of hydrogen-bond acceptors (Lipinski definition) is 2. The second-order valence-electron chi connectivity index (χ2n) is 9.44. The zero-order chi connectivity index (χ0) is 18.2. The number of fused-ring (bicyclic) bond motifs is 1. The third kappa shape index (κ3) is 2.02. The summed E-state index contributed by atoms with van der Waals surface area (Å²) < 4.78 is 0. The fourth-order valence-electron chi connectivity index (χ4n) is 6.27. The standard InChI is InChI=1S/C22H28N2O2/c1-13-6-4-5-7-17(13)20(25)24-22(2,3)21(26)23(24)19-9-8-14-10-15-11-16(19)12-18(14)15/h4-7,14-16,18-19H,8-12H2,1-3H3. The zero-order valence-corrected chi connectivity index (χ0v) is 15.9. The van der Waals surface area contributed by atoms with Crippen LogP contribution < -0.4 is 0 Å². The SMILES string of the molecule is Cc1ccccc1C(=O)N1N(C2CCC3CC4CC2CC34)C(=O)C1(C)C. The number of hydrogen-bond donors (Lipinski definition) is 0. The van der Waals surface area contributed by atoms with Gasteiger partial charge in [0.2, 0.25) is 0 Å². The highest BCUT2D eigenvalue weighted by Gasteiger charge is 2.61. The molecular formula is C22H28N2O2. The van der Waals surface area contributed by atoms with Crippen molar-refractivity contribution in [3.8, 4) is 0 Å². The molecule has 4 aliphatic rings. The number of rotatable bonds is 2. The van der Waals surface area contributed by atoms with Crippen LogP contribution in [0, 0.1) is 30.6 Å². The molecule has 4 nitrogen and oxygen atoms in total. The molecule has 3 aliphatic carbocycles. The summed E-state index contributed by atoms with van der Waals surface area (Å²) in [6.45, 7) is 5.73. The highest BCUT2D eigenvalue weighted by molar-refractivity contribution is 6.05. The van der Waals surface area contributed by atoms with Crippen LogP contribution in [0.3, 0.4) is 0 Å². The van der Waals surface area contributed by atoms with Crippen LogP contribution in [0.5, 0.6) is 0 Å². The van der Waals surface area contributed by atoms with Gasteiger partial charge in [-0.1, -0.05) is 18.2 Å². The largest absolute Gasteiger partial charge is 0.273 e. The van der Waals surface area contributed by atoms with Crippen molar-refractivity contribution >= 4 is 11.8 Å². The first-order valence-electron chi connectivity index (χ1n) is 10.1. The van der Waals surface area contributed by atoms with Crippen LogP contribution in [-0.4, -0.2) is 33.4 Å². The van der Waals surface area contributed by atoms with E-state index in [0.717, 1.165) is 29.7 Å². The molecule has 1 aliphatic heterocycles. The third-order valence-electron chi connectivity index (χ3n) is 7.73. The highest BCUT2D eigenvalue weighted by atomic mass is 16.2. The smallest absolute Gasteiger partial charge is 0.270 e. The third-order valence-corrected chi connectivity index (χ3v) is 7.73. The fourth-order valence-corrected chi connectivity index (χ4v) is 6.27. The molecule has 5 unspecified atom stereocenters. The van der Waals surface area contributed by atoms with E-state index in [0.29, 0.717) is 11.5 Å². The predicted octanol–water partition coefficient (Wildman–Crippen LogP) is 3.80. The van der Waals surface area contributed by atoms with E-state index in [2.05, 4.69) is 0 Å². The Bertz CT molecular complexity index is 786. The summed E-state index contributed by atoms with van der Waals surface area (Å²) in [5, 5.41) is 3.62. The van der Waals surface area contributed by atoms with Gasteiger partial charge in [0.15, 0.2) is 0 Å². The van der Waals surface area contributed by atoms with Crippen LogP contribution in [0.25, 0.3) is 0 Å². The van der Waals surface area contributed by atoms with Crippen molar-refractivity contribution in [1.29, 1.82) is 0 Å². The van der Waals surface area contributed by atoms with Gasteiger partial charge in [-0.2, -0.15) is 0 Å². The van der Waals surface area contributed by atoms with Gasteiger partial charge in [0, 0.05) is 5.56 Å². The van der Waals surface area contributed by atoms with Gasteiger partial charge >= 0.3 is 0 Å². The Balaban J connectivity index is 1.47. The van der Waals surface area contributed by atoms with Gasteiger partial charge in [0.05, 0.1) is 6.04 Å². The van der Waals surface area contributed by atoms with E-state index in [1.165, 1.54) is 25.7 Å². The highest BCUT2D eigenvalue weighted by Crippen LogP contribution is 2.59. The van der Waals surface area contributed by atoms with Crippen LogP contribution in [0.15, 0.2) is 24.3 Å². The van der Waals surface area contributed by atoms with Gasteiger partial charge in [-0.05, 0) is 88.2 Å². The van der Waals surface area contributed by atoms with Crippen molar-refractivity contribution in [2.75, 3.05) is 0 Å². The maximum Gasteiger partial charge on any atom is 0.273 e. The van der Waals surface area contributed by atoms with Crippen molar-refractivity contribution in [1.82, 2.24) is 10.0 Å². The Hall–Kier alpha value is -1.84. The number of hydrazine groups is 1. The van der Waals surface area contributed by atoms with E-state index in [-0.39, 0.29) is 17.9 Å². The maximum absolute atomic E-state index is 13.4. The average Bonchev–Trinajstić information content (AvgIpc) is 2.84. The molecule has 0 N–H and O–H groups in total. The molecule has 1 aromatic carbocycles. The van der Waals surface area contributed by atoms with Gasteiger partial charge in [0.25, 0.3) is 11.8 Å². The lowest BCUT2D eigenvalue weighted by Crippen LogP contribution is -2.79. The summed E-state index contributed by atoms with van der Waals surface area (Å²) in [4.78, 5) is 26.4. The minimum atomic E-state index is -0.743. The summed E-state index contributed by atoms with van der Waals surface area (Å²) in [6.07, 6.45) is 6.19. The lowest BCUT2D eigenvalue weighted by atomic mass is 9.64. The molecule has 1 aromatic rings. The molecule has 0 radical (unpaired) electrons. The molecule has 5 atom stereocenters. The molecule has 5 rings (SSSR count). The monoisotopic (exact) mass is 352 g/mol. The second kappa shape index (κ2) is 5.34. The van der Waals surface area contributed by atoms with E-state index in [4.69, 9.17) is 0 Å². The summed E-state index contributed by atoms with van der Waals surface area (Å²) in [6, 6.07) is 7.91. The predicted molar refractivity (Wildman–Crippen MR) is 99.1 cm³/mol. The first kappa shape index (κ1) is 16.3. The van der Waals surface area contributed by atoms with Crippen molar-refractivity contribution in [3.05, 3.63) is 35.4 Å². The summed E-state index contributed by atoms with van der Waals surface area (Å²) in [5.74, 6) is 3.32. The Labute approximate surface area is 155 Å². The minimum absolute atomic E-state index is 0.0309. The quantitative estimate of drug-likeness (QED) is 0.812. The molecule has 2 amide bonds. The molecule has 0 aromatic heterocycles. The van der Waals surface area contributed by atoms with Gasteiger partial charge in [-0.15, -0.1) is 0 Å². The van der Waals surface area contributed by atoms with Gasteiger partial charge < -0.3 is 0 Å². The molecule has 0 spiro atoms. The lowest BCUT2D eigenvalue weighted by molar-refractivity contribution is -0.213. The van der Waals surface area contributed by atoms with Crippen molar-refractivity contribution in [2.24, 2.45) is 23.7 Å². The first-order valence-corrected chi connectivity index (χ1v) is 10.1. The second-order valence-corrected chi connectivity index (χ2v) is 9.44. The normalized spacial score (nSPS) is 37.0. The molecule has 138 valence electrons. The zero-order valence-electron chi connectivity index (χ0n) is 15.9. The van der Waals surface area contributed by atoms with Gasteiger partial charge in [-0.3, -0.25) is 9.59 Å². The topological polar surface area (TPSA) is 40.6 Å². The van der Waals surface area contributed by atoms with Crippen LogP contribution in [0.1, 0.15) is 61.9 Å². The van der Waals surface area contributed by atoms with E-state index in [9.17, 15) is 9.59 Å². The summed E-state index contributed by atoms with van der Waals surface area (Å²) in [7, 11) is 0. The Morgan fingerprint density at radius 1 is 1.04 bits per heavy atom. The maximum atomic E-state index is 13.4. The van der Waals surface area contributed by atoms with Crippen LogP contribution in [0.2, 0.25) is 0 Å². The summed E-state index contributed by atoms with van der Waals surface area (Å²) in [5.41, 5.74) is 0.932. The summed E-state index contributed by atoms with van der Waals surface area (Å²) >= 11 is 0. The number of carbonyl (C=O) groups is 2. The number of amides is 2. The fraction of sp³-hybridized carbons (Fsp3) is 0.636. The Morgan fingerprint density at radius 3 is 2.54 bits per heavy atom. The Morgan fingerprint density at radius 2 is 1.77 bits per heavy atom. The molecule has 2 bridgehead atoms. The van der Waals surface area contributed by atoms with Gasteiger partial charge in [-0.25, -0.2) is 10.0 Å². The van der Waals surface area contributed by atoms with E-state index >= 15 is 0 Å². The van der Waals surface area contributed by atoms with Crippen molar-refractivity contribution in [3.63, 3.8) is 0 Å². The molecule has 1 heterocycles. The Kier molecular flexibility index (Phi) is 3.35. The van der Waals surface area contributed by atoms with E-state index in [1.807, 2.05) is 50.0 Å². The number of aryl methyl sites for hydroxylation is 1. The molecule has 3 saturated carbocycles. The number of benzene rings is 1. The average molecular weight is 352 g/mol.